The number of aryl methyl sites for hydroxylation is 1. The summed E-state index contributed by atoms with van der Waals surface area (Å²) in [5.74, 6) is 1.81. The molecule has 0 saturated carbocycles. The van der Waals surface area contributed by atoms with E-state index >= 15 is 0 Å². The normalized spacial score (nSPS) is 15.8. The van der Waals surface area contributed by atoms with Crippen molar-refractivity contribution in [1.82, 2.24) is 0 Å². The summed E-state index contributed by atoms with van der Waals surface area (Å²) in [6.07, 6.45) is 3.28. The molecule has 0 spiro atoms. The zero-order valence-corrected chi connectivity index (χ0v) is 13.5. The van der Waals surface area contributed by atoms with Gasteiger partial charge in [-0.2, -0.15) is 0 Å². The molecule has 1 unspecified atom stereocenters. The van der Waals surface area contributed by atoms with Crippen LogP contribution in [0.25, 0.3) is 0 Å². The Morgan fingerprint density at radius 3 is 2.82 bits per heavy atom. The second kappa shape index (κ2) is 5.75. The first-order valence-corrected chi connectivity index (χ1v) is 7.87. The second-order valence-electron chi connectivity index (χ2n) is 4.95. The Morgan fingerprint density at radius 2 is 2.12 bits per heavy atom. The van der Waals surface area contributed by atoms with Crippen molar-refractivity contribution in [2.24, 2.45) is 5.92 Å². The smallest absolute Gasteiger partial charge is 0.125 e. The van der Waals surface area contributed by atoms with Crippen molar-refractivity contribution in [2.45, 2.75) is 37.9 Å². The quantitative estimate of drug-likeness (QED) is 0.704. The van der Waals surface area contributed by atoms with Crippen molar-refractivity contribution < 1.29 is 4.74 Å². The van der Waals surface area contributed by atoms with Gasteiger partial charge in [0.15, 0.2) is 0 Å². The minimum Gasteiger partial charge on any atom is -0.493 e. The maximum atomic E-state index is 5.74. The van der Waals surface area contributed by atoms with Crippen molar-refractivity contribution in [3.8, 4) is 5.75 Å². The van der Waals surface area contributed by atoms with Gasteiger partial charge in [0.2, 0.25) is 0 Å². The van der Waals surface area contributed by atoms with Crippen molar-refractivity contribution in [3.63, 3.8) is 0 Å². The lowest BCUT2D eigenvalue weighted by Gasteiger charge is -2.15. The molecule has 1 aromatic rings. The van der Waals surface area contributed by atoms with Crippen LogP contribution in [-0.4, -0.2) is 11.4 Å². The Hall–Kier alpha value is -0.0200. The van der Waals surface area contributed by atoms with Gasteiger partial charge < -0.3 is 4.74 Å². The second-order valence-corrected chi connectivity index (χ2v) is 7.04. The van der Waals surface area contributed by atoms with E-state index in [1.54, 1.807) is 0 Å². The molecule has 17 heavy (non-hydrogen) atoms. The molecule has 94 valence electrons. The summed E-state index contributed by atoms with van der Waals surface area (Å²) in [6, 6.07) is 4.38. The molecule has 1 nitrogen and oxygen atoms in total. The zero-order valence-electron chi connectivity index (χ0n) is 10.3. The van der Waals surface area contributed by atoms with Gasteiger partial charge in [0, 0.05) is 15.7 Å². The molecule has 0 aliphatic carbocycles. The molecular formula is C14H18Br2O. The van der Waals surface area contributed by atoms with Gasteiger partial charge in [0.1, 0.15) is 5.75 Å². The number of fused-ring (bicyclic) bond motifs is 1. The highest BCUT2D eigenvalue weighted by Gasteiger charge is 2.18. The highest BCUT2D eigenvalue weighted by molar-refractivity contribution is 9.10. The summed E-state index contributed by atoms with van der Waals surface area (Å²) in [5.41, 5.74) is 2.70. The number of benzene rings is 1. The first-order valence-electron chi connectivity index (χ1n) is 6.16. The molecule has 0 amide bonds. The predicted octanol–water partition coefficient (Wildman–Crippen LogP) is 4.74. The number of rotatable bonds is 4. The van der Waals surface area contributed by atoms with Crippen LogP contribution in [0.3, 0.4) is 0 Å². The van der Waals surface area contributed by atoms with Crippen LogP contribution >= 0.6 is 31.9 Å². The van der Waals surface area contributed by atoms with Crippen LogP contribution in [0, 0.1) is 5.92 Å². The third-order valence-corrected chi connectivity index (χ3v) is 5.21. The molecular weight excluding hydrogens is 344 g/mol. The third kappa shape index (κ3) is 3.25. The van der Waals surface area contributed by atoms with E-state index in [1.165, 1.54) is 15.6 Å². The largest absolute Gasteiger partial charge is 0.493 e. The number of alkyl halides is 1. The number of hydrogen-bond donors (Lipinski definition) is 0. The van der Waals surface area contributed by atoms with E-state index in [-0.39, 0.29) is 0 Å². The average molecular weight is 362 g/mol. The van der Waals surface area contributed by atoms with Crippen molar-refractivity contribution in [3.05, 3.63) is 27.7 Å². The fraction of sp³-hybridized carbons (Fsp3) is 0.571. The molecule has 0 bridgehead atoms. The fourth-order valence-electron chi connectivity index (χ4n) is 2.16. The standard InChI is InChI=1S/C14H18Br2O/c1-9(2)13(16)4-3-10-7-12(15)8-11-5-6-17-14(10)11/h7-9,13H,3-6H2,1-2H3. The first-order chi connectivity index (χ1) is 8.08. The Bertz CT molecular complexity index is 401. The summed E-state index contributed by atoms with van der Waals surface area (Å²) in [5, 5.41) is 0. The van der Waals surface area contributed by atoms with Crippen molar-refractivity contribution in [1.29, 1.82) is 0 Å². The van der Waals surface area contributed by atoms with Crippen LogP contribution in [-0.2, 0) is 12.8 Å². The van der Waals surface area contributed by atoms with Gasteiger partial charge >= 0.3 is 0 Å². The van der Waals surface area contributed by atoms with Gasteiger partial charge in [0.25, 0.3) is 0 Å². The molecule has 1 heterocycles. The monoisotopic (exact) mass is 360 g/mol. The lowest BCUT2D eigenvalue weighted by molar-refractivity contribution is 0.353. The van der Waals surface area contributed by atoms with Crippen LogP contribution in [0.2, 0.25) is 0 Å². The lowest BCUT2D eigenvalue weighted by atomic mass is 10.00. The molecule has 1 aromatic carbocycles. The van der Waals surface area contributed by atoms with Gasteiger partial charge in [-0.3, -0.25) is 0 Å². The van der Waals surface area contributed by atoms with Gasteiger partial charge in [-0.1, -0.05) is 45.7 Å². The third-order valence-electron chi connectivity index (χ3n) is 3.24. The van der Waals surface area contributed by atoms with E-state index < -0.39 is 0 Å². The Balaban J connectivity index is 2.11. The van der Waals surface area contributed by atoms with Crippen LogP contribution in [0.4, 0.5) is 0 Å². The van der Waals surface area contributed by atoms with E-state index in [2.05, 4.69) is 57.8 Å². The van der Waals surface area contributed by atoms with E-state index in [4.69, 9.17) is 4.74 Å². The SMILES string of the molecule is CC(C)C(Br)CCc1cc(Br)cc2c1OCC2. The minimum atomic E-state index is 0.582. The molecule has 2 rings (SSSR count). The van der Waals surface area contributed by atoms with E-state index in [0.29, 0.717) is 10.7 Å². The molecule has 0 fully saturated rings. The van der Waals surface area contributed by atoms with E-state index in [9.17, 15) is 0 Å². The lowest BCUT2D eigenvalue weighted by Crippen LogP contribution is -2.08. The average Bonchev–Trinajstić information content (AvgIpc) is 2.72. The first kappa shape index (κ1) is 13.4. The molecule has 0 saturated heterocycles. The van der Waals surface area contributed by atoms with Crippen LogP contribution in [0.1, 0.15) is 31.4 Å². The summed E-state index contributed by atoms with van der Waals surface area (Å²) in [7, 11) is 0. The number of hydrogen-bond acceptors (Lipinski definition) is 1. The topological polar surface area (TPSA) is 9.23 Å². The van der Waals surface area contributed by atoms with Crippen LogP contribution < -0.4 is 4.74 Å². The number of ether oxygens (including phenoxy) is 1. The van der Waals surface area contributed by atoms with Gasteiger partial charge in [-0.05, 0) is 42.0 Å². The van der Waals surface area contributed by atoms with E-state index in [0.717, 1.165) is 31.6 Å². The highest BCUT2D eigenvalue weighted by atomic mass is 79.9. The summed E-state index contributed by atoms with van der Waals surface area (Å²) in [6.45, 7) is 5.34. The maximum Gasteiger partial charge on any atom is 0.125 e. The zero-order chi connectivity index (χ0) is 12.4. The summed E-state index contributed by atoms with van der Waals surface area (Å²) in [4.78, 5) is 0.582. The minimum absolute atomic E-state index is 0.582. The Labute approximate surface area is 120 Å². The molecule has 0 N–H and O–H groups in total. The molecule has 1 atom stereocenters. The molecule has 1 aliphatic rings. The highest BCUT2D eigenvalue weighted by Crippen LogP contribution is 2.34. The van der Waals surface area contributed by atoms with Gasteiger partial charge in [-0.15, -0.1) is 0 Å². The van der Waals surface area contributed by atoms with Crippen molar-refractivity contribution in [2.75, 3.05) is 6.61 Å². The number of halogens is 2. The Morgan fingerprint density at radius 1 is 1.35 bits per heavy atom. The molecule has 0 radical (unpaired) electrons. The molecule has 3 heteroatoms. The van der Waals surface area contributed by atoms with Gasteiger partial charge in [-0.25, -0.2) is 0 Å². The molecule has 1 aliphatic heterocycles. The van der Waals surface area contributed by atoms with Crippen LogP contribution in [0.5, 0.6) is 5.75 Å². The summed E-state index contributed by atoms with van der Waals surface area (Å²) < 4.78 is 6.91. The maximum absolute atomic E-state index is 5.74. The van der Waals surface area contributed by atoms with E-state index in [1.807, 2.05) is 0 Å². The fourth-order valence-corrected chi connectivity index (χ4v) is 2.94. The van der Waals surface area contributed by atoms with Gasteiger partial charge in [0.05, 0.1) is 6.61 Å². The molecule has 0 aromatic heterocycles. The van der Waals surface area contributed by atoms with Crippen molar-refractivity contribution >= 4 is 31.9 Å². The van der Waals surface area contributed by atoms with Crippen LogP contribution in [0.15, 0.2) is 16.6 Å². The predicted molar refractivity (Wildman–Crippen MR) is 79.2 cm³/mol. The summed E-state index contributed by atoms with van der Waals surface area (Å²) >= 11 is 7.33. The Kier molecular flexibility index (Phi) is 4.53.